The van der Waals surface area contributed by atoms with Gasteiger partial charge >= 0.3 is 0 Å². The Morgan fingerprint density at radius 2 is 2.12 bits per heavy atom. The summed E-state index contributed by atoms with van der Waals surface area (Å²) in [5, 5.41) is 0. The molecular formula is C11H17BrN2O2. The molecule has 0 spiro atoms. The van der Waals surface area contributed by atoms with Gasteiger partial charge in [-0.25, -0.2) is 0 Å². The summed E-state index contributed by atoms with van der Waals surface area (Å²) >= 11 is 3.39. The van der Waals surface area contributed by atoms with Gasteiger partial charge in [-0.2, -0.15) is 0 Å². The van der Waals surface area contributed by atoms with Crippen molar-refractivity contribution in [3.8, 4) is 0 Å². The molecule has 2 fully saturated rings. The number of hydrogen-bond donors (Lipinski definition) is 0. The molecule has 4 nitrogen and oxygen atoms in total. The molecule has 90 valence electrons. The third-order valence-electron chi connectivity index (χ3n) is 3.29. The maximum atomic E-state index is 12.1. The van der Waals surface area contributed by atoms with Gasteiger partial charge in [-0.1, -0.05) is 15.9 Å². The van der Waals surface area contributed by atoms with Crippen molar-refractivity contribution in [1.82, 2.24) is 9.80 Å². The second kappa shape index (κ2) is 4.02. The Hall–Kier alpha value is -0.580. The molecule has 2 amide bonds. The monoisotopic (exact) mass is 288 g/mol. The summed E-state index contributed by atoms with van der Waals surface area (Å²) in [5.74, 6) is 0.363. The maximum absolute atomic E-state index is 12.1. The lowest BCUT2D eigenvalue weighted by atomic mass is 10.1. The van der Waals surface area contributed by atoms with Crippen LogP contribution in [0.5, 0.6) is 0 Å². The van der Waals surface area contributed by atoms with E-state index >= 15 is 0 Å². The van der Waals surface area contributed by atoms with Crippen LogP contribution in [-0.2, 0) is 9.59 Å². The van der Waals surface area contributed by atoms with Crippen LogP contribution in [-0.4, -0.2) is 51.6 Å². The van der Waals surface area contributed by atoms with Crippen molar-refractivity contribution in [1.29, 1.82) is 0 Å². The molecule has 0 aromatic heterocycles. The fourth-order valence-electron chi connectivity index (χ4n) is 2.42. The highest BCUT2D eigenvalue weighted by Crippen LogP contribution is 2.26. The molecule has 2 saturated heterocycles. The Balaban J connectivity index is 2.02. The van der Waals surface area contributed by atoms with Gasteiger partial charge < -0.3 is 9.80 Å². The van der Waals surface area contributed by atoms with E-state index in [1.165, 1.54) is 0 Å². The Labute approximate surface area is 104 Å². The van der Waals surface area contributed by atoms with Crippen LogP contribution in [0.25, 0.3) is 0 Å². The number of halogens is 1. The molecule has 0 saturated carbocycles. The van der Waals surface area contributed by atoms with Gasteiger partial charge in [-0.15, -0.1) is 0 Å². The van der Waals surface area contributed by atoms with E-state index < -0.39 is 4.32 Å². The highest BCUT2D eigenvalue weighted by atomic mass is 79.9. The standard InChI is InChI=1S/C11H17BrN2O2/c1-11(2,12)10(16)13-5-6-14-8(7-13)3-4-9(14)15/h8H,3-7H2,1-2H3. The predicted molar refractivity (Wildman–Crippen MR) is 64.3 cm³/mol. The summed E-state index contributed by atoms with van der Waals surface area (Å²) in [6.07, 6.45) is 1.54. The lowest BCUT2D eigenvalue weighted by molar-refractivity contribution is -0.140. The minimum absolute atomic E-state index is 0.117. The zero-order valence-electron chi connectivity index (χ0n) is 9.70. The Morgan fingerprint density at radius 3 is 2.75 bits per heavy atom. The molecule has 5 heteroatoms. The molecule has 2 heterocycles. The largest absolute Gasteiger partial charge is 0.338 e. The molecule has 0 N–H and O–H groups in total. The minimum atomic E-state index is -0.502. The Kier molecular flexibility index (Phi) is 2.99. The fourth-order valence-corrected chi connectivity index (χ4v) is 2.68. The average molecular weight is 289 g/mol. The lowest BCUT2D eigenvalue weighted by Gasteiger charge is -2.39. The summed E-state index contributed by atoms with van der Waals surface area (Å²) in [4.78, 5) is 27.4. The molecule has 2 rings (SSSR count). The normalized spacial score (nSPS) is 25.9. The van der Waals surface area contributed by atoms with Crippen LogP contribution >= 0.6 is 15.9 Å². The highest BCUT2D eigenvalue weighted by Gasteiger charge is 2.39. The summed E-state index contributed by atoms with van der Waals surface area (Å²) in [5.41, 5.74) is 0. The van der Waals surface area contributed by atoms with E-state index in [2.05, 4.69) is 15.9 Å². The third-order valence-corrected chi connectivity index (χ3v) is 3.63. The van der Waals surface area contributed by atoms with Gasteiger partial charge in [0.15, 0.2) is 0 Å². The number of carbonyl (C=O) groups excluding carboxylic acids is 2. The van der Waals surface area contributed by atoms with Crippen LogP contribution in [0.15, 0.2) is 0 Å². The number of piperazine rings is 1. The summed E-state index contributed by atoms with van der Waals surface area (Å²) in [7, 11) is 0. The third kappa shape index (κ3) is 2.10. The number of amides is 2. The van der Waals surface area contributed by atoms with E-state index in [0.717, 1.165) is 6.42 Å². The molecule has 16 heavy (non-hydrogen) atoms. The Bertz CT molecular complexity index is 324. The first-order valence-corrected chi connectivity index (χ1v) is 6.46. The van der Waals surface area contributed by atoms with Crippen molar-refractivity contribution >= 4 is 27.7 Å². The molecule has 0 aliphatic carbocycles. The molecular weight excluding hydrogens is 272 g/mol. The molecule has 0 aromatic rings. The van der Waals surface area contributed by atoms with Crippen LogP contribution in [0, 0.1) is 0 Å². The van der Waals surface area contributed by atoms with Crippen LogP contribution in [0.4, 0.5) is 0 Å². The summed E-state index contributed by atoms with van der Waals surface area (Å²) < 4.78 is -0.502. The first kappa shape index (κ1) is 11.9. The second-order valence-corrected chi connectivity index (χ2v) is 6.99. The van der Waals surface area contributed by atoms with Crippen LogP contribution < -0.4 is 0 Å². The van der Waals surface area contributed by atoms with E-state index in [-0.39, 0.29) is 17.9 Å². The van der Waals surface area contributed by atoms with Gasteiger partial charge in [0.1, 0.15) is 0 Å². The molecule has 2 aliphatic rings. The van der Waals surface area contributed by atoms with Gasteiger partial charge in [0.25, 0.3) is 0 Å². The first-order chi connectivity index (χ1) is 7.39. The number of fused-ring (bicyclic) bond motifs is 1. The number of hydrogen-bond acceptors (Lipinski definition) is 2. The van der Waals surface area contributed by atoms with Crippen LogP contribution in [0.2, 0.25) is 0 Å². The topological polar surface area (TPSA) is 40.6 Å². The van der Waals surface area contributed by atoms with Gasteiger partial charge in [-0.3, -0.25) is 9.59 Å². The van der Waals surface area contributed by atoms with Crippen molar-refractivity contribution in [3.63, 3.8) is 0 Å². The summed E-state index contributed by atoms with van der Waals surface area (Å²) in [6.45, 7) is 5.77. The SMILES string of the molecule is CC(C)(Br)C(=O)N1CCN2C(=O)CCC2C1. The Morgan fingerprint density at radius 1 is 1.44 bits per heavy atom. The maximum Gasteiger partial charge on any atom is 0.239 e. The van der Waals surface area contributed by atoms with Crippen molar-refractivity contribution < 1.29 is 9.59 Å². The first-order valence-electron chi connectivity index (χ1n) is 5.67. The number of nitrogens with zero attached hydrogens (tertiary/aromatic N) is 2. The predicted octanol–water partition coefficient (Wildman–Crippen LogP) is 0.993. The van der Waals surface area contributed by atoms with Gasteiger partial charge in [0.2, 0.25) is 11.8 Å². The van der Waals surface area contributed by atoms with Crippen molar-refractivity contribution in [3.05, 3.63) is 0 Å². The van der Waals surface area contributed by atoms with E-state index in [0.29, 0.717) is 26.1 Å². The van der Waals surface area contributed by atoms with Crippen molar-refractivity contribution in [2.45, 2.75) is 37.1 Å². The van der Waals surface area contributed by atoms with Crippen LogP contribution in [0.1, 0.15) is 26.7 Å². The van der Waals surface area contributed by atoms with E-state index in [9.17, 15) is 9.59 Å². The number of alkyl halides is 1. The van der Waals surface area contributed by atoms with Crippen molar-refractivity contribution in [2.24, 2.45) is 0 Å². The fraction of sp³-hybridized carbons (Fsp3) is 0.818. The second-order valence-electron chi connectivity index (χ2n) is 5.00. The number of carbonyl (C=O) groups is 2. The lowest BCUT2D eigenvalue weighted by Crippen LogP contribution is -2.56. The van der Waals surface area contributed by atoms with E-state index in [4.69, 9.17) is 0 Å². The van der Waals surface area contributed by atoms with E-state index in [1.807, 2.05) is 23.6 Å². The van der Waals surface area contributed by atoms with Gasteiger partial charge in [0.05, 0.1) is 4.32 Å². The molecule has 1 atom stereocenters. The minimum Gasteiger partial charge on any atom is -0.338 e. The zero-order chi connectivity index (χ0) is 11.9. The zero-order valence-corrected chi connectivity index (χ0v) is 11.3. The molecule has 0 bridgehead atoms. The summed E-state index contributed by atoms with van der Waals surface area (Å²) in [6, 6.07) is 0.250. The average Bonchev–Trinajstić information content (AvgIpc) is 2.57. The van der Waals surface area contributed by atoms with Gasteiger partial charge in [0, 0.05) is 32.1 Å². The highest BCUT2D eigenvalue weighted by molar-refractivity contribution is 9.10. The quantitative estimate of drug-likeness (QED) is 0.676. The van der Waals surface area contributed by atoms with Gasteiger partial charge in [-0.05, 0) is 20.3 Å². The smallest absolute Gasteiger partial charge is 0.239 e. The van der Waals surface area contributed by atoms with E-state index in [1.54, 1.807) is 0 Å². The van der Waals surface area contributed by atoms with Crippen LogP contribution in [0.3, 0.4) is 0 Å². The molecule has 1 unspecified atom stereocenters. The molecule has 0 radical (unpaired) electrons. The van der Waals surface area contributed by atoms with Crippen molar-refractivity contribution in [2.75, 3.05) is 19.6 Å². The number of rotatable bonds is 1. The molecule has 0 aromatic carbocycles. The molecule has 2 aliphatic heterocycles.